The molecule has 1 aliphatic carbocycles. The zero-order valence-electron chi connectivity index (χ0n) is 22.0. The highest BCUT2D eigenvalue weighted by atomic mass is 15.1. The van der Waals surface area contributed by atoms with Crippen LogP contribution in [0.2, 0.25) is 0 Å². The van der Waals surface area contributed by atoms with E-state index in [0.29, 0.717) is 0 Å². The van der Waals surface area contributed by atoms with E-state index in [1.54, 1.807) is 0 Å². The van der Waals surface area contributed by atoms with Gasteiger partial charge in [0.2, 0.25) is 0 Å². The van der Waals surface area contributed by atoms with Gasteiger partial charge in [-0.15, -0.1) is 0 Å². The molecule has 0 saturated heterocycles. The molecule has 0 spiro atoms. The lowest BCUT2D eigenvalue weighted by atomic mass is 9.73. The number of aromatic nitrogens is 1. The molecule has 1 aromatic heterocycles. The van der Waals surface area contributed by atoms with Gasteiger partial charge < -0.3 is 4.90 Å². The van der Waals surface area contributed by atoms with Gasteiger partial charge in [0.05, 0.1) is 5.69 Å². The summed E-state index contributed by atoms with van der Waals surface area (Å²) in [6.45, 7) is 4.66. The summed E-state index contributed by atoms with van der Waals surface area (Å²) in [4.78, 5) is 6.81. The van der Waals surface area contributed by atoms with Gasteiger partial charge in [-0.2, -0.15) is 0 Å². The van der Waals surface area contributed by atoms with E-state index in [4.69, 9.17) is 0 Å². The molecule has 0 unspecified atom stereocenters. The van der Waals surface area contributed by atoms with Gasteiger partial charge in [0.25, 0.3) is 0 Å². The van der Waals surface area contributed by atoms with E-state index in [1.807, 2.05) is 24.4 Å². The van der Waals surface area contributed by atoms with Crippen molar-refractivity contribution in [2.75, 3.05) is 4.90 Å². The number of nitrogens with zero attached hydrogens (tertiary/aromatic N) is 2. The zero-order chi connectivity index (χ0) is 26.0. The summed E-state index contributed by atoms with van der Waals surface area (Å²) in [6.07, 6.45) is 8.22. The second-order valence-corrected chi connectivity index (χ2v) is 9.92. The molecule has 6 rings (SSSR count). The molecule has 0 fully saturated rings. The van der Waals surface area contributed by atoms with Gasteiger partial charge in [0, 0.05) is 28.7 Å². The highest BCUT2D eigenvalue weighted by Gasteiger charge is 2.41. The SMILES string of the molecule is CCC1(CC)c2cc(/C=C/c3ccccn3)ccc2-c2ccc(N(c3ccccc3)c3ccccc3)cc21. The Morgan fingerprint density at radius 3 is 1.82 bits per heavy atom. The van der Waals surface area contributed by atoms with E-state index in [0.717, 1.165) is 29.9 Å². The fourth-order valence-corrected chi connectivity index (χ4v) is 6.01. The smallest absolute Gasteiger partial charge is 0.0629 e. The Morgan fingerprint density at radius 1 is 0.605 bits per heavy atom. The molecule has 2 heteroatoms. The Kier molecular flexibility index (Phi) is 6.39. The summed E-state index contributed by atoms with van der Waals surface area (Å²) in [5.74, 6) is 0. The van der Waals surface area contributed by atoms with Crippen molar-refractivity contribution in [1.29, 1.82) is 0 Å². The zero-order valence-corrected chi connectivity index (χ0v) is 22.0. The number of para-hydroxylation sites is 2. The molecule has 0 bridgehead atoms. The Balaban J connectivity index is 1.46. The van der Waals surface area contributed by atoms with E-state index in [9.17, 15) is 0 Å². The van der Waals surface area contributed by atoms with Gasteiger partial charge in [-0.3, -0.25) is 4.98 Å². The third-order valence-electron chi connectivity index (χ3n) is 8.00. The van der Waals surface area contributed by atoms with E-state index < -0.39 is 0 Å². The fraction of sp³-hybridized carbons (Fsp3) is 0.139. The highest BCUT2D eigenvalue weighted by Crippen LogP contribution is 2.54. The maximum Gasteiger partial charge on any atom is 0.0629 e. The summed E-state index contributed by atoms with van der Waals surface area (Å²) in [5, 5.41) is 0. The van der Waals surface area contributed by atoms with E-state index in [-0.39, 0.29) is 5.41 Å². The fourth-order valence-electron chi connectivity index (χ4n) is 6.01. The number of pyridine rings is 1. The maximum atomic E-state index is 4.44. The molecule has 0 aliphatic heterocycles. The number of benzene rings is 4. The van der Waals surface area contributed by atoms with E-state index in [2.05, 4.69) is 133 Å². The van der Waals surface area contributed by atoms with Crippen molar-refractivity contribution >= 4 is 29.2 Å². The molecule has 186 valence electrons. The van der Waals surface area contributed by atoms with E-state index in [1.165, 1.54) is 33.5 Å². The minimum Gasteiger partial charge on any atom is -0.310 e. The van der Waals surface area contributed by atoms with Crippen molar-refractivity contribution < 1.29 is 0 Å². The number of hydrogen-bond acceptors (Lipinski definition) is 2. The van der Waals surface area contributed by atoms with Crippen LogP contribution >= 0.6 is 0 Å². The first-order valence-electron chi connectivity index (χ1n) is 13.5. The maximum absolute atomic E-state index is 4.44. The molecule has 0 amide bonds. The number of rotatable bonds is 7. The van der Waals surface area contributed by atoms with Gasteiger partial charge in [0.1, 0.15) is 0 Å². The third kappa shape index (κ3) is 4.13. The topological polar surface area (TPSA) is 16.1 Å². The lowest BCUT2D eigenvalue weighted by Gasteiger charge is -2.32. The third-order valence-corrected chi connectivity index (χ3v) is 8.00. The lowest BCUT2D eigenvalue weighted by molar-refractivity contribution is 0.490. The van der Waals surface area contributed by atoms with Crippen LogP contribution in [-0.4, -0.2) is 4.98 Å². The highest BCUT2D eigenvalue weighted by molar-refractivity contribution is 5.87. The molecule has 2 nitrogen and oxygen atoms in total. The van der Waals surface area contributed by atoms with Crippen LogP contribution in [0.25, 0.3) is 23.3 Å². The van der Waals surface area contributed by atoms with Crippen molar-refractivity contribution in [2.45, 2.75) is 32.1 Å². The second kappa shape index (κ2) is 10.1. The minimum atomic E-state index is -0.0193. The summed E-state index contributed by atoms with van der Waals surface area (Å²) >= 11 is 0. The first-order chi connectivity index (χ1) is 18.7. The van der Waals surface area contributed by atoms with Crippen LogP contribution in [0.15, 0.2) is 121 Å². The molecule has 1 heterocycles. The van der Waals surface area contributed by atoms with Crippen LogP contribution in [0.4, 0.5) is 17.1 Å². The van der Waals surface area contributed by atoms with Gasteiger partial charge in [-0.25, -0.2) is 0 Å². The number of fused-ring (bicyclic) bond motifs is 3. The van der Waals surface area contributed by atoms with Gasteiger partial charge in [0.15, 0.2) is 0 Å². The van der Waals surface area contributed by atoms with Crippen LogP contribution in [0.1, 0.15) is 49.1 Å². The first-order valence-corrected chi connectivity index (χ1v) is 13.5. The van der Waals surface area contributed by atoms with E-state index >= 15 is 0 Å². The predicted molar refractivity (Wildman–Crippen MR) is 161 cm³/mol. The molecule has 0 atom stereocenters. The lowest BCUT2D eigenvalue weighted by Crippen LogP contribution is -2.23. The molecule has 5 aromatic rings. The largest absolute Gasteiger partial charge is 0.310 e. The number of hydrogen-bond donors (Lipinski definition) is 0. The quantitative estimate of drug-likeness (QED) is 0.225. The Labute approximate surface area is 225 Å². The van der Waals surface area contributed by atoms with Gasteiger partial charge >= 0.3 is 0 Å². The molecule has 4 aromatic carbocycles. The Hall–Kier alpha value is -4.43. The summed E-state index contributed by atoms with van der Waals surface area (Å²) < 4.78 is 0. The second-order valence-electron chi connectivity index (χ2n) is 9.92. The number of anilines is 3. The molecule has 0 radical (unpaired) electrons. The van der Waals surface area contributed by atoms with Crippen LogP contribution in [0, 0.1) is 0 Å². The minimum absolute atomic E-state index is 0.0193. The Morgan fingerprint density at radius 2 is 1.21 bits per heavy atom. The van der Waals surface area contributed by atoms with Gasteiger partial charge in [-0.1, -0.05) is 86.7 Å². The van der Waals surface area contributed by atoms with Gasteiger partial charge in [-0.05, 0) is 95.3 Å². The van der Waals surface area contributed by atoms with Crippen molar-refractivity contribution in [1.82, 2.24) is 4.98 Å². The molecular weight excluding hydrogens is 460 g/mol. The monoisotopic (exact) mass is 492 g/mol. The Bertz CT molecular complexity index is 1530. The average molecular weight is 493 g/mol. The van der Waals surface area contributed by atoms with Crippen LogP contribution < -0.4 is 4.90 Å². The average Bonchev–Trinajstić information content (AvgIpc) is 3.26. The first kappa shape index (κ1) is 23.9. The predicted octanol–water partition coefficient (Wildman–Crippen LogP) is 9.81. The van der Waals surface area contributed by atoms with Crippen molar-refractivity contribution in [2.24, 2.45) is 0 Å². The summed E-state index contributed by atoms with van der Waals surface area (Å²) in [7, 11) is 0. The molecular formula is C36H32N2. The standard InChI is InChI=1S/C36H32N2/c1-3-36(4-2)34-25-27(18-20-28-13-11-12-24-37-28)19-22-32(34)33-23-21-31(26-35(33)36)38(29-14-7-5-8-15-29)30-16-9-6-10-17-30/h5-26H,3-4H2,1-2H3/b20-18+. The van der Waals surface area contributed by atoms with Crippen molar-refractivity contribution in [3.63, 3.8) is 0 Å². The summed E-state index contributed by atoms with van der Waals surface area (Å²) in [5.41, 5.74) is 11.3. The van der Waals surface area contributed by atoms with Crippen LogP contribution in [-0.2, 0) is 5.41 Å². The molecule has 1 aliphatic rings. The van der Waals surface area contributed by atoms with Crippen molar-refractivity contribution in [3.8, 4) is 11.1 Å². The van der Waals surface area contributed by atoms with Crippen molar-refractivity contribution in [3.05, 3.63) is 144 Å². The normalized spacial score (nSPS) is 13.3. The molecule has 0 N–H and O–H groups in total. The molecule has 38 heavy (non-hydrogen) atoms. The molecule has 0 saturated carbocycles. The van der Waals surface area contributed by atoms with Crippen LogP contribution in [0.3, 0.4) is 0 Å². The summed E-state index contributed by atoms with van der Waals surface area (Å²) in [6, 6.07) is 41.3. The van der Waals surface area contributed by atoms with Crippen LogP contribution in [0.5, 0.6) is 0 Å².